The molecule has 18 heavy (non-hydrogen) atoms. The maximum absolute atomic E-state index is 12.0. The third-order valence-corrected chi connectivity index (χ3v) is 2.73. The number of aryl methyl sites for hydroxylation is 1. The Balaban J connectivity index is 2.50. The topological polar surface area (TPSA) is 46.1 Å². The van der Waals surface area contributed by atoms with E-state index >= 15 is 0 Å². The average molecular weight is 272 g/mol. The first-order valence-electron chi connectivity index (χ1n) is 6.41. The summed E-state index contributed by atoms with van der Waals surface area (Å²) in [7, 11) is 0. The monoisotopic (exact) mass is 271 g/mol. The van der Waals surface area contributed by atoms with Crippen molar-refractivity contribution in [3.63, 3.8) is 0 Å². The quantitative estimate of drug-likeness (QED) is 0.748. The van der Waals surface area contributed by atoms with E-state index in [0.29, 0.717) is 23.3 Å². The Labute approximate surface area is 114 Å². The summed E-state index contributed by atoms with van der Waals surface area (Å²) in [6.07, 6.45) is 2.77. The molecule has 0 radical (unpaired) electrons. The molecule has 1 rings (SSSR count). The zero-order valence-electron chi connectivity index (χ0n) is 11.3. The molecule has 0 aromatic carbocycles. The first kappa shape index (κ1) is 15.1. The van der Waals surface area contributed by atoms with E-state index in [0.717, 1.165) is 19.5 Å². The molecular formula is C13H22ClN3O. The van der Waals surface area contributed by atoms with E-state index in [1.54, 1.807) is 12.3 Å². The van der Waals surface area contributed by atoms with E-state index in [4.69, 9.17) is 11.6 Å². The van der Waals surface area contributed by atoms with Crippen LogP contribution in [0.25, 0.3) is 0 Å². The molecule has 0 aliphatic heterocycles. The van der Waals surface area contributed by atoms with Crippen LogP contribution in [0.15, 0.2) is 12.3 Å². The third-order valence-electron chi connectivity index (χ3n) is 2.52. The van der Waals surface area contributed by atoms with Crippen LogP contribution in [-0.2, 0) is 6.54 Å². The zero-order valence-corrected chi connectivity index (χ0v) is 12.0. The fraction of sp³-hybridized carbons (Fsp3) is 0.615. The van der Waals surface area contributed by atoms with Crippen molar-refractivity contribution in [1.82, 2.24) is 15.2 Å². The number of carbonyl (C=O) groups excluding carboxylic acids is 1. The van der Waals surface area contributed by atoms with Gasteiger partial charge in [0.1, 0.15) is 5.69 Å². The Hall–Kier alpha value is -1.00. The molecule has 0 aliphatic carbocycles. The van der Waals surface area contributed by atoms with Gasteiger partial charge >= 0.3 is 0 Å². The summed E-state index contributed by atoms with van der Waals surface area (Å²) >= 11 is 5.94. The van der Waals surface area contributed by atoms with E-state index in [-0.39, 0.29) is 5.91 Å². The molecule has 5 heteroatoms. The Kier molecular flexibility index (Phi) is 6.22. The zero-order chi connectivity index (χ0) is 13.5. The Morgan fingerprint density at radius 2 is 2.17 bits per heavy atom. The Bertz CT molecular complexity index is 388. The summed E-state index contributed by atoms with van der Waals surface area (Å²) in [4.78, 5) is 12.0. The molecular weight excluding hydrogens is 250 g/mol. The molecule has 0 unspecified atom stereocenters. The van der Waals surface area contributed by atoms with E-state index < -0.39 is 0 Å². The molecule has 1 aromatic rings. The van der Waals surface area contributed by atoms with Crippen LogP contribution in [0.5, 0.6) is 0 Å². The first-order valence-corrected chi connectivity index (χ1v) is 6.79. The van der Waals surface area contributed by atoms with Crippen LogP contribution < -0.4 is 10.6 Å². The molecule has 2 N–H and O–H groups in total. The molecule has 0 saturated carbocycles. The van der Waals surface area contributed by atoms with Crippen molar-refractivity contribution in [2.45, 2.75) is 39.8 Å². The standard InChI is InChI=1S/C13H22ClN3O/c1-4-7-17-9-11(14)8-12(17)13(18)16-6-5-15-10(2)3/h8-10,15H,4-7H2,1-3H3,(H,16,18). The predicted molar refractivity (Wildman–Crippen MR) is 75.2 cm³/mol. The Morgan fingerprint density at radius 1 is 1.44 bits per heavy atom. The van der Waals surface area contributed by atoms with Gasteiger partial charge in [-0.2, -0.15) is 0 Å². The third kappa shape index (κ3) is 4.70. The van der Waals surface area contributed by atoms with Gasteiger partial charge in [-0.25, -0.2) is 0 Å². The minimum atomic E-state index is -0.0686. The number of aromatic nitrogens is 1. The van der Waals surface area contributed by atoms with Crippen LogP contribution in [0.2, 0.25) is 5.02 Å². The van der Waals surface area contributed by atoms with Crippen molar-refractivity contribution in [2.24, 2.45) is 0 Å². The maximum Gasteiger partial charge on any atom is 0.268 e. The van der Waals surface area contributed by atoms with Gasteiger partial charge in [0.15, 0.2) is 0 Å². The minimum absolute atomic E-state index is 0.0686. The lowest BCUT2D eigenvalue weighted by Gasteiger charge is -2.10. The number of nitrogens with zero attached hydrogens (tertiary/aromatic N) is 1. The number of halogens is 1. The number of hydrogen-bond acceptors (Lipinski definition) is 2. The van der Waals surface area contributed by atoms with Gasteiger partial charge in [-0.1, -0.05) is 32.4 Å². The highest BCUT2D eigenvalue weighted by Gasteiger charge is 2.12. The lowest BCUT2D eigenvalue weighted by molar-refractivity contribution is 0.0944. The maximum atomic E-state index is 12.0. The lowest BCUT2D eigenvalue weighted by Crippen LogP contribution is -2.35. The molecule has 0 aliphatic rings. The van der Waals surface area contributed by atoms with Crippen LogP contribution >= 0.6 is 11.6 Å². The van der Waals surface area contributed by atoms with Gasteiger partial charge in [0.05, 0.1) is 5.02 Å². The molecule has 1 amide bonds. The highest BCUT2D eigenvalue weighted by Crippen LogP contribution is 2.14. The van der Waals surface area contributed by atoms with Crippen LogP contribution in [0.3, 0.4) is 0 Å². The van der Waals surface area contributed by atoms with Crippen LogP contribution in [0.4, 0.5) is 0 Å². The van der Waals surface area contributed by atoms with Crippen molar-refractivity contribution in [1.29, 1.82) is 0 Å². The highest BCUT2D eigenvalue weighted by atomic mass is 35.5. The molecule has 1 heterocycles. The van der Waals surface area contributed by atoms with Crippen molar-refractivity contribution in [3.05, 3.63) is 23.0 Å². The summed E-state index contributed by atoms with van der Waals surface area (Å²) in [5.74, 6) is -0.0686. The summed E-state index contributed by atoms with van der Waals surface area (Å²) in [5, 5.41) is 6.74. The second-order valence-corrected chi connectivity index (χ2v) is 5.04. The van der Waals surface area contributed by atoms with E-state index in [1.807, 2.05) is 4.57 Å². The van der Waals surface area contributed by atoms with Gasteiger partial charge in [-0.15, -0.1) is 0 Å². The average Bonchev–Trinajstić information content (AvgIpc) is 2.66. The van der Waals surface area contributed by atoms with Crippen LogP contribution in [-0.4, -0.2) is 29.6 Å². The van der Waals surface area contributed by atoms with Crippen molar-refractivity contribution in [2.75, 3.05) is 13.1 Å². The second-order valence-electron chi connectivity index (χ2n) is 4.60. The summed E-state index contributed by atoms with van der Waals surface area (Å²) in [6.45, 7) is 8.42. The normalized spacial score (nSPS) is 10.9. The minimum Gasteiger partial charge on any atom is -0.349 e. The molecule has 4 nitrogen and oxygen atoms in total. The summed E-state index contributed by atoms with van der Waals surface area (Å²) < 4.78 is 1.90. The molecule has 0 saturated heterocycles. The molecule has 0 bridgehead atoms. The summed E-state index contributed by atoms with van der Waals surface area (Å²) in [6, 6.07) is 2.14. The highest BCUT2D eigenvalue weighted by molar-refractivity contribution is 6.31. The van der Waals surface area contributed by atoms with Crippen LogP contribution in [0, 0.1) is 0 Å². The van der Waals surface area contributed by atoms with Gasteiger partial charge in [0.2, 0.25) is 0 Å². The molecule has 0 fully saturated rings. The van der Waals surface area contributed by atoms with Gasteiger partial charge in [-0.3, -0.25) is 4.79 Å². The number of carbonyl (C=O) groups is 1. The molecule has 1 aromatic heterocycles. The number of hydrogen-bond donors (Lipinski definition) is 2. The van der Waals surface area contributed by atoms with E-state index in [9.17, 15) is 4.79 Å². The second kappa shape index (κ2) is 7.44. The first-order chi connectivity index (χ1) is 8.54. The largest absolute Gasteiger partial charge is 0.349 e. The SMILES string of the molecule is CCCn1cc(Cl)cc1C(=O)NCCNC(C)C. The number of nitrogens with one attached hydrogen (secondary N) is 2. The van der Waals surface area contributed by atoms with Gasteiger partial charge in [-0.05, 0) is 12.5 Å². The van der Waals surface area contributed by atoms with Crippen molar-refractivity contribution < 1.29 is 4.79 Å². The van der Waals surface area contributed by atoms with Crippen molar-refractivity contribution in [3.8, 4) is 0 Å². The van der Waals surface area contributed by atoms with Crippen LogP contribution in [0.1, 0.15) is 37.7 Å². The van der Waals surface area contributed by atoms with Crippen molar-refractivity contribution >= 4 is 17.5 Å². The summed E-state index contributed by atoms with van der Waals surface area (Å²) in [5.41, 5.74) is 0.631. The van der Waals surface area contributed by atoms with Gasteiger partial charge in [0, 0.05) is 31.9 Å². The lowest BCUT2D eigenvalue weighted by atomic mass is 10.3. The smallest absolute Gasteiger partial charge is 0.268 e. The van der Waals surface area contributed by atoms with E-state index in [2.05, 4.69) is 31.4 Å². The number of amides is 1. The molecule has 102 valence electrons. The Morgan fingerprint density at radius 3 is 2.78 bits per heavy atom. The number of rotatable bonds is 7. The van der Waals surface area contributed by atoms with E-state index in [1.165, 1.54) is 0 Å². The fourth-order valence-electron chi connectivity index (χ4n) is 1.72. The molecule has 0 spiro atoms. The van der Waals surface area contributed by atoms with Gasteiger partial charge in [0.25, 0.3) is 5.91 Å². The van der Waals surface area contributed by atoms with Gasteiger partial charge < -0.3 is 15.2 Å². The fourth-order valence-corrected chi connectivity index (χ4v) is 1.94. The molecule has 0 atom stereocenters. The predicted octanol–water partition coefficient (Wildman–Crippen LogP) is 2.28.